The molecule has 1 saturated heterocycles. The number of nitrogens with zero attached hydrogens (tertiary/aromatic N) is 1. The third-order valence-corrected chi connectivity index (χ3v) is 6.31. The smallest absolute Gasteiger partial charge is 0.277 e. The lowest BCUT2D eigenvalue weighted by Crippen LogP contribution is -2.45. The summed E-state index contributed by atoms with van der Waals surface area (Å²) in [4.78, 5) is 0. The summed E-state index contributed by atoms with van der Waals surface area (Å²) in [5, 5.41) is 2.95. The highest BCUT2D eigenvalue weighted by atomic mass is 31.2. The molecule has 18 heavy (non-hydrogen) atoms. The van der Waals surface area contributed by atoms with Crippen LogP contribution in [0.15, 0.2) is 0 Å². The zero-order valence-electron chi connectivity index (χ0n) is 12.7. The molecule has 0 aromatic rings. The molecule has 0 saturated carbocycles. The van der Waals surface area contributed by atoms with Gasteiger partial charge in [0, 0.05) is 26.2 Å². The van der Waals surface area contributed by atoms with E-state index in [4.69, 9.17) is 4.52 Å². The van der Waals surface area contributed by atoms with Crippen LogP contribution in [0.2, 0.25) is 0 Å². The first kappa shape index (κ1) is 16.2. The van der Waals surface area contributed by atoms with Crippen molar-refractivity contribution < 1.29 is 9.09 Å². The lowest BCUT2D eigenvalue weighted by molar-refractivity contribution is 0.165. The summed E-state index contributed by atoms with van der Waals surface area (Å²) in [6.45, 7) is 16.3. The molecule has 0 bridgehead atoms. The summed E-state index contributed by atoms with van der Waals surface area (Å²) in [6.07, 6.45) is 0. The molecule has 108 valence electrons. The number of piperazine rings is 1. The van der Waals surface area contributed by atoms with Crippen molar-refractivity contribution in [3.05, 3.63) is 0 Å². The molecule has 1 N–H and O–H groups in total. The third-order valence-electron chi connectivity index (χ3n) is 2.99. The number of hydrogen-bond donors (Lipinski definition) is 1. The fourth-order valence-electron chi connectivity index (χ4n) is 1.90. The van der Waals surface area contributed by atoms with Gasteiger partial charge in [-0.15, -0.1) is 0 Å². The molecule has 0 spiro atoms. The van der Waals surface area contributed by atoms with Crippen molar-refractivity contribution >= 4 is 7.52 Å². The van der Waals surface area contributed by atoms with E-state index in [0.717, 1.165) is 26.2 Å². The molecule has 0 amide bonds. The van der Waals surface area contributed by atoms with Crippen molar-refractivity contribution in [2.75, 3.05) is 32.8 Å². The lowest BCUT2D eigenvalue weighted by atomic mass is 9.99. The van der Waals surface area contributed by atoms with Crippen LogP contribution in [-0.4, -0.2) is 42.6 Å². The summed E-state index contributed by atoms with van der Waals surface area (Å²) >= 11 is 0. The Morgan fingerprint density at radius 2 is 1.61 bits per heavy atom. The second-order valence-corrected chi connectivity index (χ2v) is 10.4. The monoisotopic (exact) mass is 276 g/mol. The molecule has 4 nitrogen and oxygen atoms in total. The summed E-state index contributed by atoms with van der Waals surface area (Å²) in [6, 6.07) is 0. The highest BCUT2D eigenvalue weighted by Crippen LogP contribution is 2.61. The Labute approximate surface area is 112 Å². The van der Waals surface area contributed by atoms with Crippen LogP contribution in [0.3, 0.4) is 0 Å². The molecule has 5 heteroatoms. The normalized spacial score (nSPS) is 22.8. The maximum Gasteiger partial charge on any atom is 0.277 e. The third kappa shape index (κ3) is 4.06. The van der Waals surface area contributed by atoms with Crippen molar-refractivity contribution in [2.45, 2.75) is 46.7 Å². The van der Waals surface area contributed by atoms with E-state index >= 15 is 0 Å². The van der Waals surface area contributed by atoms with Crippen LogP contribution in [0.1, 0.15) is 41.5 Å². The van der Waals surface area contributed by atoms with Gasteiger partial charge in [-0.05, 0) is 26.2 Å². The molecule has 1 heterocycles. The van der Waals surface area contributed by atoms with Crippen LogP contribution in [-0.2, 0) is 9.09 Å². The van der Waals surface area contributed by atoms with Gasteiger partial charge >= 0.3 is 0 Å². The number of rotatable bonds is 3. The predicted molar refractivity (Wildman–Crippen MR) is 77.2 cm³/mol. The minimum absolute atomic E-state index is 0.0367. The van der Waals surface area contributed by atoms with Gasteiger partial charge in [-0.2, -0.15) is 0 Å². The molecule has 0 aliphatic carbocycles. The van der Waals surface area contributed by atoms with E-state index in [1.54, 1.807) is 0 Å². The van der Waals surface area contributed by atoms with E-state index in [1.165, 1.54) is 0 Å². The highest BCUT2D eigenvalue weighted by molar-refractivity contribution is 7.58. The molecule has 1 aliphatic rings. The summed E-state index contributed by atoms with van der Waals surface area (Å²) in [5.74, 6) is 0. The van der Waals surface area contributed by atoms with Crippen molar-refractivity contribution in [1.82, 2.24) is 9.99 Å². The van der Waals surface area contributed by atoms with E-state index in [0.29, 0.717) is 6.61 Å². The highest BCUT2D eigenvalue weighted by Gasteiger charge is 2.44. The average molecular weight is 276 g/mol. The Morgan fingerprint density at radius 1 is 1.11 bits per heavy atom. The molecular weight excluding hydrogens is 247 g/mol. The van der Waals surface area contributed by atoms with Crippen molar-refractivity contribution in [2.24, 2.45) is 5.41 Å². The Kier molecular flexibility index (Phi) is 5.05. The quantitative estimate of drug-likeness (QED) is 0.805. The molecule has 0 aromatic carbocycles. The Balaban J connectivity index is 2.85. The van der Waals surface area contributed by atoms with E-state index in [-0.39, 0.29) is 10.6 Å². The molecule has 1 atom stereocenters. The molecule has 1 fully saturated rings. The predicted octanol–water partition coefficient (Wildman–Crippen LogP) is 2.95. The largest absolute Gasteiger partial charge is 0.316 e. The van der Waals surface area contributed by atoms with Crippen LogP contribution in [0.25, 0.3) is 0 Å². The zero-order valence-corrected chi connectivity index (χ0v) is 13.6. The summed E-state index contributed by atoms with van der Waals surface area (Å²) in [7, 11) is -2.78. The first-order chi connectivity index (χ1) is 8.06. The van der Waals surface area contributed by atoms with Crippen LogP contribution in [0.5, 0.6) is 0 Å². The average Bonchev–Trinajstić information content (AvgIpc) is 2.24. The molecule has 1 rings (SSSR count). The van der Waals surface area contributed by atoms with Gasteiger partial charge in [0.05, 0.1) is 11.8 Å². The van der Waals surface area contributed by atoms with Gasteiger partial charge in [0.2, 0.25) is 0 Å². The van der Waals surface area contributed by atoms with Gasteiger partial charge in [-0.25, -0.2) is 4.67 Å². The molecule has 1 aliphatic heterocycles. The first-order valence-corrected chi connectivity index (χ1v) is 8.35. The van der Waals surface area contributed by atoms with Crippen molar-refractivity contribution in [1.29, 1.82) is 0 Å². The maximum absolute atomic E-state index is 13.3. The van der Waals surface area contributed by atoms with E-state index in [2.05, 4.69) is 30.8 Å². The van der Waals surface area contributed by atoms with Crippen LogP contribution < -0.4 is 5.32 Å². The molecule has 1 unspecified atom stereocenters. The van der Waals surface area contributed by atoms with Gasteiger partial charge in [-0.1, -0.05) is 20.8 Å². The molecule has 0 aromatic heterocycles. The second kappa shape index (κ2) is 5.62. The van der Waals surface area contributed by atoms with Crippen LogP contribution >= 0.6 is 7.52 Å². The van der Waals surface area contributed by atoms with Gasteiger partial charge < -0.3 is 9.84 Å². The van der Waals surface area contributed by atoms with E-state index in [9.17, 15) is 4.57 Å². The summed E-state index contributed by atoms with van der Waals surface area (Å²) < 4.78 is 21.3. The fraction of sp³-hybridized carbons (Fsp3) is 1.00. The van der Waals surface area contributed by atoms with Gasteiger partial charge in [-0.3, -0.25) is 4.57 Å². The Morgan fingerprint density at radius 3 is 2.00 bits per heavy atom. The SMILES string of the molecule is CC(C)(C)COP(=O)(N1CCNCC1)C(C)(C)C. The Hall–Kier alpha value is 0.110. The first-order valence-electron chi connectivity index (χ1n) is 6.77. The van der Waals surface area contributed by atoms with Crippen LogP contribution in [0, 0.1) is 5.41 Å². The minimum Gasteiger partial charge on any atom is -0.316 e. The van der Waals surface area contributed by atoms with E-state index < -0.39 is 7.52 Å². The molecular formula is C13H29N2O2P. The lowest BCUT2D eigenvalue weighted by Gasteiger charge is -2.42. The standard InChI is InChI=1S/C13H29N2O2P/c1-12(2,3)11-17-18(16,13(4,5)6)15-9-7-14-8-10-15/h14H,7-11H2,1-6H3. The van der Waals surface area contributed by atoms with Crippen molar-refractivity contribution in [3.8, 4) is 0 Å². The van der Waals surface area contributed by atoms with Gasteiger partial charge in [0.15, 0.2) is 0 Å². The Bertz CT molecular complexity index is 312. The topological polar surface area (TPSA) is 41.6 Å². The van der Waals surface area contributed by atoms with Crippen LogP contribution in [0.4, 0.5) is 0 Å². The minimum atomic E-state index is -2.78. The van der Waals surface area contributed by atoms with Gasteiger partial charge in [0.1, 0.15) is 0 Å². The second-order valence-electron chi connectivity index (χ2n) is 7.23. The molecule has 0 radical (unpaired) electrons. The zero-order chi connectivity index (χ0) is 14.0. The fourth-order valence-corrected chi connectivity index (χ4v) is 4.59. The summed E-state index contributed by atoms with van der Waals surface area (Å²) in [5.41, 5.74) is 0.0367. The van der Waals surface area contributed by atoms with E-state index in [1.807, 2.05) is 20.8 Å². The maximum atomic E-state index is 13.3. The number of nitrogens with one attached hydrogen (secondary N) is 1. The van der Waals surface area contributed by atoms with Crippen molar-refractivity contribution in [3.63, 3.8) is 0 Å². The number of hydrogen-bond acceptors (Lipinski definition) is 3. The van der Waals surface area contributed by atoms with Gasteiger partial charge in [0.25, 0.3) is 7.52 Å².